The summed E-state index contributed by atoms with van der Waals surface area (Å²) < 4.78 is 42.0. The summed E-state index contributed by atoms with van der Waals surface area (Å²) in [7, 11) is 0. The Morgan fingerprint density at radius 3 is 2.46 bits per heavy atom. The maximum atomic E-state index is 13.5. The van der Waals surface area contributed by atoms with Crippen molar-refractivity contribution >= 4 is 28.7 Å². The van der Waals surface area contributed by atoms with Gasteiger partial charge in [0.1, 0.15) is 5.71 Å². The van der Waals surface area contributed by atoms with Crippen molar-refractivity contribution in [2.45, 2.75) is 39.3 Å². The molecular weight excluding hydrogens is 533 g/mol. The van der Waals surface area contributed by atoms with Gasteiger partial charge in [0, 0.05) is 62.0 Å². The van der Waals surface area contributed by atoms with E-state index in [0.717, 1.165) is 24.0 Å². The normalized spacial score (nSPS) is 21.1. The number of amides is 2. The molecule has 1 aromatic carbocycles. The highest BCUT2D eigenvalue weighted by Gasteiger charge is 2.40. The van der Waals surface area contributed by atoms with Gasteiger partial charge in [-0.15, -0.1) is 0 Å². The molecule has 8 nitrogen and oxygen atoms in total. The molecule has 0 unspecified atom stereocenters. The third kappa shape index (κ3) is 5.13. The minimum absolute atomic E-state index is 0.0173. The van der Waals surface area contributed by atoms with Crippen LogP contribution in [-0.2, 0) is 11.2 Å². The second-order valence-electron chi connectivity index (χ2n) is 11.2. The average molecular weight is 565 g/mol. The molecule has 4 heterocycles. The highest BCUT2D eigenvalue weighted by Crippen LogP contribution is 2.35. The molecule has 3 aliphatic rings. The topological polar surface area (TPSA) is 83.2 Å². The number of carbonyl (C=O) groups is 2. The molecule has 2 fully saturated rings. The zero-order valence-electron chi connectivity index (χ0n) is 23.0. The van der Waals surface area contributed by atoms with Gasteiger partial charge in [-0.2, -0.15) is 13.2 Å². The number of aliphatic imine (C=N–C) groups is 1. The maximum Gasteiger partial charge on any atom is 0.433 e. The lowest BCUT2D eigenvalue weighted by Crippen LogP contribution is -2.53. The predicted molar refractivity (Wildman–Crippen MR) is 148 cm³/mol. The molecule has 214 valence electrons. The summed E-state index contributed by atoms with van der Waals surface area (Å²) >= 11 is 0. The van der Waals surface area contributed by atoms with E-state index < -0.39 is 11.9 Å². The summed E-state index contributed by atoms with van der Waals surface area (Å²) in [5.74, 6) is 0.929. The van der Waals surface area contributed by atoms with Crippen LogP contribution in [0.25, 0.3) is 11.2 Å². The fraction of sp³-hybridized carbons (Fsp3) is 0.433. The Morgan fingerprint density at radius 2 is 1.78 bits per heavy atom. The van der Waals surface area contributed by atoms with Crippen LogP contribution < -0.4 is 0 Å². The lowest BCUT2D eigenvalue weighted by molar-refractivity contribution is -0.141. The fourth-order valence-corrected chi connectivity index (χ4v) is 6.11. The minimum Gasteiger partial charge on any atom is -0.339 e. The smallest absolute Gasteiger partial charge is 0.339 e. The number of benzene rings is 1. The number of imidazole rings is 1. The quantitative estimate of drug-likeness (QED) is 0.461. The van der Waals surface area contributed by atoms with Crippen molar-refractivity contribution in [2.24, 2.45) is 16.8 Å². The Balaban J connectivity index is 1.14. The average Bonchev–Trinajstić information content (AvgIpc) is 3.59. The molecule has 1 saturated heterocycles. The van der Waals surface area contributed by atoms with Crippen LogP contribution in [0.3, 0.4) is 0 Å². The van der Waals surface area contributed by atoms with Crippen LogP contribution in [0.15, 0.2) is 47.9 Å². The predicted octanol–water partition coefficient (Wildman–Crippen LogP) is 4.36. The first kappa shape index (κ1) is 27.2. The fourth-order valence-electron chi connectivity index (χ4n) is 6.11. The van der Waals surface area contributed by atoms with Gasteiger partial charge in [0.2, 0.25) is 5.91 Å². The van der Waals surface area contributed by atoms with Crippen molar-refractivity contribution in [1.82, 2.24) is 24.2 Å². The van der Waals surface area contributed by atoms with E-state index in [1.54, 1.807) is 21.7 Å². The molecule has 6 rings (SSSR count). The van der Waals surface area contributed by atoms with E-state index in [0.29, 0.717) is 61.1 Å². The third-order valence-corrected chi connectivity index (χ3v) is 8.34. The van der Waals surface area contributed by atoms with Crippen molar-refractivity contribution in [3.8, 4) is 0 Å². The molecule has 2 aliphatic heterocycles. The molecule has 0 N–H and O–H groups in total. The van der Waals surface area contributed by atoms with Crippen LogP contribution in [0.1, 0.15) is 52.6 Å². The zero-order valence-corrected chi connectivity index (χ0v) is 23.0. The first-order valence-corrected chi connectivity index (χ1v) is 13.9. The number of aromatic nitrogens is 3. The van der Waals surface area contributed by atoms with Crippen molar-refractivity contribution in [3.05, 3.63) is 70.9 Å². The molecule has 0 atom stereocenters. The highest BCUT2D eigenvalue weighted by atomic mass is 19.4. The number of nitrogens with zero attached hydrogens (tertiary/aromatic N) is 6. The van der Waals surface area contributed by atoms with Crippen LogP contribution in [0.5, 0.6) is 0 Å². The second-order valence-corrected chi connectivity index (χ2v) is 11.2. The number of piperazine rings is 1. The van der Waals surface area contributed by atoms with Gasteiger partial charge < -0.3 is 9.80 Å². The summed E-state index contributed by atoms with van der Waals surface area (Å²) in [4.78, 5) is 42.2. The van der Waals surface area contributed by atoms with E-state index in [2.05, 4.69) is 21.9 Å². The van der Waals surface area contributed by atoms with Crippen LogP contribution in [0.2, 0.25) is 0 Å². The molecule has 2 aromatic heterocycles. The second kappa shape index (κ2) is 10.4. The lowest BCUT2D eigenvalue weighted by Gasteiger charge is -2.40. The molecule has 0 bridgehead atoms. The largest absolute Gasteiger partial charge is 0.433 e. The van der Waals surface area contributed by atoms with Crippen molar-refractivity contribution in [1.29, 1.82) is 0 Å². The minimum atomic E-state index is -4.54. The molecular formula is C30H31F3N6O2. The van der Waals surface area contributed by atoms with E-state index in [1.807, 2.05) is 30.0 Å². The SMILES string of the molecule is Cc1cc(Cc2nccn3c(C4=CCN=C4C(F)(F)F)cnc23)ccc1C(=O)N1CCN(C(=O)C2CC(C)C2)CC1. The molecule has 1 aliphatic carbocycles. The summed E-state index contributed by atoms with van der Waals surface area (Å²) in [6, 6.07) is 5.63. The van der Waals surface area contributed by atoms with Gasteiger partial charge in [-0.1, -0.05) is 25.1 Å². The molecule has 0 radical (unpaired) electrons. The number of halogens is 3. The number of carbonyl (C=O) groups excluding carboxylic acids is 2. The van der Waals surface area contributed by atoms with Crippen molar-refractivity contribution < 1.29 is 22.8 Å². The van der Waals surface area contributed by atoms with Crippen LogP contribution >= 0.6 is 0 Å². The van der Waals surface area contributed by atoms with Crippen LogP contribution in [0, 0.1) is 18.8 Å². The van der Waals surface area contributed by atoms with Gasteiger partial charge in [-0.3, -0.25) is 24.0 Å². The van der Waals surface area contributed by atoms with E-state index in [9.17, 15) is 22.8 Å². The maximum absolute atomic E-state index is 13.5. The first-order chi connectivity index (χ1) is 19.6. The van der Waals surface area contributed by atoms with Crippen molar-refractivity contribution in [2.75, 3.05) is 32.7 Å². The molecule has 11 heteroatoms. The van der Waals surface area contributed by atoms with Crippen LogP contribution in [-0.4, -0.2) is 80.6 Å². The Labute approximate surface area is 235 Å². The Kier molecular flexibility index (Phi) is 6.91. The number of hydrogen-bond acceptors (Lipinski definition) is 5. The van der Waals surface area contributed by atoms with Gasteiger partial charge >= 0.3 is 6.18 Å². The summed E-state index contributed by atoms with van der Waals surface area (Å²) in [6.45, 7) is 6.18. The number of aryl methyl sites for hydroxylation is 1. The first-order valence-electron chi connectivity index (χ1n) is 13.9. The van der Waals surface area contributed by atoms with Gasteiger partial charge in [0.25, 0.3) is 5.91 Å². The van der Waals surface area contributed by atoms with E-state index in [-0.39, 0.29) is 29.9 Å². The molecule has 1 saturated carbocycles. The van der Waals surface area contributed by atoms with Crippen molar-refractivity contribution in [3.63, 3.8) is 0 Å². The van der Waals surface area contributed by atoms with Gasteiger partial charge in [-0.05, 0) is 42.9 Å². The summed E-state index contributed by atoms with van der Waals surface area (Å²) in [6.07, 6.45) is 3.80. The van der Waals surface area contributed by atoms with E-state index in [1.165, 1.54) is 12.3 Å². The molecule has 3 aromatic rings. The number of allylic oxidation sites excluding steroid dienone is 1. The van der Waals surface area contributed by atoms with Gasteiger partial charge in [-0.25, -0.2) is 4.98 Å². The Morgan fingerprint density at radius 1 is 1.05 bits per heavy atom. The van der Waals surface area contributed by atoms with E-state index >= 15 is 0 Å². The van der Waals surface area contributed by atoms with Crippen LogP contribution in [0.4, 0.5) is 13.2 Å². The zero-order chi connectivity index (χ0) is 28.9. The Hall–Kier alpha value is -4.02. The molecule has 41 heavy (non-hydrogen) atoms. The lowest BCUT2D eigenvalue weighted by atomic mass is 9.75. The standard InChI is InChI=1S/C30H31F3N6O2/c1-18-13-21(14-18)28(40)37-9-11-38(12-10-37)29(41)22-4-3-20(15-19(22)2)16-24-27-36-17-25(39(27)8-7-34-24)23-5-6-35-26(23)30(31,32)33/h3-5,7-8,15,17-18,21H,6,9-14,16H2,1-2H3. The third-order valence-electron chi connectivity index (χ3n) is 8.34. The summed E-state index contributed by atoms with van der Waals surface area (Å²) in [5.41, 5.74) is 2.88. The van der Waals surface area contributed by atoms with E-state index in [4.69, 9.17) is 0 Å². The monoisotopic (exact) mass is 564 g/mol. The molecule has 0 spiro atoms. The summed E-state index contributed by atoms with van der Waals surface area (Å²) in [5, 5.41) is 0. The van der Waals surface area contributed by atoms with Gasteiger partial charge in [0.15, 0.2) is 5.65 Å². The Bertz CT molecular complexity index is 1580. The number of fused-ring (bicyclic) bond motifs is 1. The van der Waals surface area contributed by atoms with Gasteiger partial charge in [0.05, 0.1) is 24.1 Å². The number of alkyl halides is 3. The number of rotatable bonds is 5. The highest BCUT2D eigenvalue weighted by molar-refractivity contribution is 6.27. The number of hydrogen-bond donors (Lipinski definition) is 0. The molecule has 2 amide bonds.